The van der Waals surface area contributed by atoms with Crippen molar-refractivity contribution in [2.24, 2.45) is 0 Å². The molecule has 1 saturated carbocycles. The first-order valence-electron chi connectivity index (χ1n) is 16.1. The Labute approximate surface area is 284 Å². The highest BCUT2D eigenvalue weighted by Crippen LogP contribution is 2.35. The fourth-order valence-corrected chi connectivity index (χ4v) is 5.48. The Morgan fingerprint density at radius 2 is 1.59 bits per heavy atom. The highest BCUT2D eigenvalue weighted by Gasteiger charge is 2.51. The molecule has 3 aromatic carbocycles. The van der Waals surface area contributed by atoms with Crippen LogP contribution in [0.2, 0.25) is 0 Å². The number of ether oxygens (including phenoxy) is 3. The first-order chi connectivity index (χ1) is 23.6. The maximum Gasteiger partial charge on any atom is 0.252 e. The van der Waals surface area contributed by atoms with Crippen LogP contribution in [0.15, 0.2) is 72.8 Å². The van der Waals surface area contributed by atoms with Crippen molar-refractivity contribution in [3.05, 3.63) is 89.5 Å². The Balaban J connectivity index is 1.39. The predicted molar refractivity (Wildman–Crippen MR) is 179 cm³/mol. The third-order valence-electron chi connectivity index (χ3n) is 8.50. The van der Waals surface area contributed by atoms with Crippen LogP contribution < -0.4 is 40.8 Å². The van der Waals surface area contributed by atoms with Crippen LogP contribution in [-0.4, -0.2) is 80.6 Å². The summed E-state index contributed by atoms with van der Waals surface area (Å²) in [6.07, 6.45) is 1.17. The van der Waals surface area contributed by atoms with Crippen LogP contribution in [0.1, 0.15) is 41.3 Å². The van der Waals surface area contributed by atoms with Crippen LogP contribution in [0.3, 0.4) is 0 Å². The molecule has 49 heavy (non-hydrogen) atoms. The van der Waals surface area contributed by atoms with Crippen molar-refractivity contribution in [1.29, 1.82) is 0 Å². The third-order valence-corrected chi connectivity index (χ3v) is 8.50. The first kappa shape index (κ1) is 34.7. The van der Waals surface area contributed by atoms with Crippen LogP contribution in [0.25, 0.3) is 0 Å². The minimum Gasteiger partial charge on any atom is -0.493 e. The fourth-order valence-electron chi connectivity index (χ4n) is 5.48. The van der Waals surface area contributed by atoms with Gasteiger partial charge in [0.2, 0.25) is 23.6 Å². The number of fused-ring (bicyclic) bond motifs is 15. The summed E-state index contributed by atoms with van der Waals surface area (Å²) in [6, 6.07) is 17.6. The van der Waals surface area contributed by atoms with E-state index in [4.69, 9.17) is 14.2 Å². The van der Waals surface area contributed by atoms with E-state index < -0.39 is 47.3 Å². The van der Waals surface area contributed by atoms with E-state index in [0.717, 1.165) is 11.1 Å². The molecule has 6 rings (SSSR count). The van der Waals surface area contributed by atoms with Gasteiger partial charge in [-0.25, -0.2) is 0 Å². The molecule has 0 radical (unpaired) electrons. The van der Waals surface area contributed by atoms with Crippen LogP contribution in [-0.2, 0) is 32.0 Å². The Morgan fingerprint density at radius 1 is 0.878 bits per heavy atom. The molecule has 1 fully saturated rings. The molecule has 13 heteroatoms. The van der Waals surface area contributed by atoms with Gasteiger partial charge in [0.25, 0.3) is 5.91 Å². The van der Waals surface area contributed by atoms with Crippen molar-refractivity contribution in [1.82, 2.24) is 26.6 Å². The zero-order valence-corrected chi connectivity index (χ0v) is 27.7. The molecule has 5 amide bonds. The van der Waals surface area contributed by atoms with Gasteiger partial charge in [0.15, 0.2) is 11.5 Å². The molecular formula is C36H41N5O8. The zero-order valence-electron chi connectivity index (χ0n) is 27.7. The van der Waals surface area contributed by atoms with Gasteiger partial charge < -0.3 is 40.8 Å². The molecule has 1 spiro atoms. The van der Waals surface area contributed by atoms with E-state index in [-0.39, 0.29) is 37.5 Å². The van der Waals surface area contributed by atoms with E-state index in [1.165, 1.54) is 27.2 Å². The Hall–Kier alpha value is -5.59. The van der Waals surface area contributed by atoms with Gasteiger partial charge in [0, 0.05) is 18.4 Å². The van der Waals surface area contributed by atoms with E-state index in [1.54, 1.807) is 36.4 Å². The number of carbonyl (C=O) groups excluding carboxylic acids is 5. The molecule has 0 aromatic heterocycles. The van der Waals surface area contributed by atoms with Crippen molar-refractivity contribution >= 4 is 29.5 Å². The van der Waals surface area contributed by atoms with Crippen molar-refractivity contribution < 1.29 is 38.2 Å². The molecule has 3 aliphatic rings. The average molecular weight is 672 g/mol. The summed E-state index contributed by atoms with van der Waals surface area (Å²) in [5.74, 6) is -1.26. The lowest BCUT2D eigenvalue weighted by atomic mass is 10.0. The topological polar surface area (TPSA) is 173 Å². The summed E-state index contributed by atoms with van der Waals surface area (Å²) >= 11 is 0. The van der Waals surface area contributed by atoms with E-state index in [9.17, 15) is 24.0 Å². The fraction of sp³-hybridized carbons (Fsp3) is 0.361. The van der Waals surface area contributed by atoms with Crippen LogP contribution >= 0.6 is 0 Å². The molecule has 2 heterocycles. The second kappa shape index (κ2) is 15.5. The van der Waals surface area contributed by atoms with E-state index in [2.05, 4.69) is 26.6 Å². The normalized spacial score (nSPS) is 21.2. The third kappa shape index (κ3) is 8.86. The second-order valence-corrected chi connectivity index (χ2v) is 12.1. The molecule has 2 aliphatic heterocycles. The summed E-state index contributed by atoms with van der Waals surface area (Å²) in [4.78, 5) is 67.2. The summed E-state index contributed by atoms with van der Waals surface area (Å²) in [5.41, 5.74) is 0.680. The Bertz CT molecular complexity index is 1680. The highest BCUT2D eigenvalue weighted by atomic mass is 16.5. The van der Waals surface area contributed by atoms with Crippen molar-refractivity contribution in [2.75, 3.05) is 27.4 Å². The first-order valence-corrected chi connectivity index (χ1v) is 16.1. The Morgan fingerprint density at radius 3 is 2.27 bits per heavy atom. The number of benzene rings is 3. The van der Waals surface area contributed by atoms with Crippen molar-refractivity contribution in [3.8, 4) is 17.2 Å². The number of hydrogen-bond acceptors (Lipinski definition) is 8. The van der Waals surface area contributed by atoms with E-state index in [0.29, 0.717) is 30.1 Å². The summed E-state index contributed by atoms with van der Waals surface area (Å²) in [5, 5.41) is 13.9. The molecule has 3 atom stereocenters. The summed E-state index contributed by atoms with van der Waals surface area (Å²) in [7, 11) is 2.94. The van der Waals surface area contributed by atoms with Gasteiger partial charge in [-0.1, -0.05) is 42.5 Å². The second-order valence-electron chi connectivity index (χ2n) is 12.1. The van der Waals surface area contributed by atoms with Gasteiger partial charge in [0.05, 0.1) is 20.8 Å². The predicted octanol–water partition coefficient (Wildman–Crippen LogP) is 1.43. The SMILES string of the molecule is COc1ccc(C(=O)N[C@H]2Cc3ccc(cc3)OCCNC(=O)C3(CC3)NC(=O)[C@@H](Cc3ccccc3)NC(=O)[C@H](C)NC2=O)cc1OC. The molecular weight excluding hydrogens is 630 g/mol. The number of hydrogen-bond donors (Lipinski definition) is 5. The molecule has 13 nitrogen and oxygen atoms in total. The minimum absolute atomic E-state index is 0.0939. The van der Waals surface area contributed by atoms with Gasteiger partial charge >= 0.3 is 0 Å². The number of nitrogens with one attached hydrogen (secondary N) is 5. The average Bonchev–Trinajstić information content (AvgIpc) is 3.90. The quantitative estimate of drug-likeness (QED) is 0.245. The molecule has 0 saturated heterocycles. The maximum absolute atomic E-state index is 13.7. The van der Waals surface area contributed by atoms with E-state index in [1.807, 2.05) is 30.3 Å². The summed E-state index contributed by atoms with van der Waals surface area (Å²) < 4.78 is 16.4. The van der Waals surface area contributed by atoms with Gasteiger partial charge in [-0.2, -0.15) is 0 Å². The van der Waals surface area contributed by atoms with Gasteiger partial charge in [0.1, 0.15) is 36.0 Å². The smallest absolute Gasteiger partial charge is 0.252 e. The van der Waals surface area contributed by atoms with Crippen LogP contribution in [0, 0.1) is 0 Å². The number of carbonyl (C=O) groups is 5. The lowest BCUT2D eigenvalue weighted by Crippen LogP contribution is -2.59. The highest BCUT2D eigenvalue weighted by molar-refractivity contribution is 6.00. The van der Waals surface area contributed by atoms with Crippen LogP contribution in [0.4, 0.5) is 0 Å². The maximum atomic E-state index is 13.7. The number of rotatable bonds is 6. The van der Waals surface area contributed by atoms with Gasteiger partial charge in [-0.3, -0.25) is 24.0 Å². The van der Waals surface area contributed by atoms with Crippen LogP contribution in [0.5, 0.6) is 17.2 Å². The molecule has 5 N–H and O–H groups in total. The lowest BCUT2D eigenvalue weighted by Gasteiger charge is -2.25. The number of methoxy groups -OCH3 is 2. The molecule has 258 valence electrons. The van der Waals surface area contributed by atoms with Crippen molar-refractivity contribution in [2.45, 2.75) is 56.3 Å². The molecule has 2 bridgehead atoms. The Kier molecular flexibility index (Phi) is 11.0. The monoisotopic (exact) mass is 671 g/mol. The molecule has 1 aliphatic carbocycles. The van der Waals surface area contributed by atoms with Gasteiger partial charge in [-0.05, 0) is 61.2 Å². The number of amides is 5. The molecule has 3 aromatic rings. The summed E-state index contributed by atoms with van der Waals surface area (Å²) in [6.45, 7) is 1.89. The zero-order chi connectivity index (χ0) is 35.0. The minimum atomic E-state index is -1.08. The standard InChI is InChI=1S/C36H41N5O8/c1-22-31(42)39-28(19-23-7-5-4-6-8-23)34(45)41-36(15-16-36)35(46)37-17-18-49-26-12-9-24(10-13-26)20-27(33(44)38-22)40-32(43)25-11-14-29(47-2)30(21-25)48-3/h4-14,21-22,27-28H,15-20H2,1-3H3,(H,37,46)(H,38,44)(H,39,42)(H,40,43)(H,41,45)/t22-,27-,28+/m0/s1. The van der Waals surface area contributed by atoms with Gasteiger partial charge in [-0.15, -0.1) is 0 Å². The van der Waals surface area contributed by atoms with E-state index >= 15 is 0 Å². The lowest BCUT2D eigenvalue weighted by molar-refractivity contribution is -0.134. The largest absolute Gasteiger partial charge is 0.493 e. The van der Waals surface area contributed by atoms with Crippen molar-refractivity contribution in [3.63, 3.8) is 0 Å². The molecule has 0 unspecified atom stereocenters.